The third-order valence-electron chi connectivity index (χ3n) is 4.13. The van der Waals surface area contributed by atoms with Crippen molar-refractivity contribution in [2.45, 2.75) is 6.18 Å². The third kappa shape index (κ3) is 3.59. The molecule has 146 valence electrons. The Morgan fingerprint density at radius 1 is 1.00 bits per heavy atom. The van der Waals surface area contributed by atoms with E-state index < -0.39 is 17.3 Å². The topological polar surface area (TPSA) is 101 Å². The van der Waals surface area contributed by atoms with Gasteiger partial charge in [-0.3, -0.25) is 9.89 Å². The fourth-order valence-corrected chi connectivity index (χ4v) is 2.75. The Bertz CT molecular complexity index is 1270. The minimum atomic E-state index is -4.50. The summed E-state index contributed by atoms with van der Waals surface area (Å²) in [4.78, 5) is 16.8. The molecular formula is C19H13F3N6O. The summed E-state index contributed by atoms with van der Waals surface area (Å²) in [6.07, 6.45) is -4.50. The Hall–Kier alpha value is -3.95. The minimum Gasteiger partial charge on any atom is -0.382 e. The van der Waals surface area contributed by atoms with Crippen LogP contribution < -0.4 is 11.3 Å². The van der Waals surface area contributed by atoms with E-state index in [0.29, 0.717) is 11.3 Å². The van der Waals surface area contributed by atoms with Crippen molar-refractivity contribution in [3.05, 3.63) is 76.6 Å². The lowest BCUT2D eigenvalue weighted by atomic mass is 10.1. The normalized spacial score (nSPS) is 12.1. The molecule has 0 saturated carbocycles. The number of benzene rings is 2. The van der Waals surface area contributed by atoms with Gasteiger partial charge in [-0.2, -0.15) is 22.8 Å². The monoisotopic (exact) mass is 398 g/mol. The molecule has 3 N–H and O–H groups in total. The fraction of sp³-hybridized carbons (Fsp3) is 0.0526. The summed E-state index contributed by atoms with van der Waals surface area (Å²) in [5.41, 5.74) is 5.90. The average molecular weight is 398 g/mol. The van der Waals surface area contributed by atoms with Gasteiger partial charge in [0.05, 0.1) is 16.9 Å². The van der Waals surface area contributed by atoms with Crippen LogP contribution in [0.3, 0.4) is 0 Å². The van der Waals surface area contributed by atoms with Gasteiger partial charge in [0, 0.05) is 11.6 Å². The molecule has 7 nitrogen and oxygen atoms in total. The van der Waals surface area contributed by atoms with E-state index >= 15 is 0 Å². The molecule has 4 aromatic rings. The first kappa shape index (κ1) is 18.4. The lowest BCUT2D eigenvalue weighted by molar-refractivity contribution is -0.137. The summed E-state index contributed by atoms with van der Waals surface area (Å²) in [6.45, 7) is 0. The Kier molecular flexibility index (Phi) is 4.38. The Balaban J connectivity index is 1.80. The van der Waals surface area contributed by atoms with E-state index in [0.717, 1.165) is 16.6 Å². The van der Waals surface area contributed by atoms with E-state index in [-0.39, 0.29) is 22.8 Å². The number of nitrogens with two attached hydrogens (primary N) is 1. The van der Waals surface area contributed by atoms with Crippen LogP contribution in [-0.4, -0.2) is 14.6 Å². The van der Waals surface area contributed by atoms with Crippen molar-refractivity contribution in [3.63, 3.8) is 0 Å². The van der Waals surface area contributed by atoms with E-state index in [4.69, 9.17) is 5.73 Å². The van der Waals surface area contributed by atoms with E-state index in [9.17, 15) is 18.0 Å². The molecule has 0 aliphatic rings. The molecule has 2 aromatic carbocycles. The number of alkyl halides is 3. The van der Waals surface area contributed by atoms with Crippen molar-refractivity contribution < 1.29 is 13.2 Å². The van der Waals surface area contributed by atoms with Crippen LogP contribution in [0.25, 0.3) is 16.9 Å². The maximum atomic E-state index is 12.9. The van der Waals surface area contributed by atoms with Crippen molar-refractivity contribution in [3.8, 4) is 11.3 Å². The number of rotatable bonds is 3. The van der Waals surface area contributed by atoms with Gasteiger partial charge in [0.25, 0.3) is 5.56 Å². The molecule has 0 aliphatic carbocycles. The molecule has 0 radical (unpaired) electrons. The fourth-order valence-electron chi connectivity index (χ4n) is 2.75. The predicted molar refractivity (Wildman–Crippen MR) is 101 cm³/mol. The number of fused-ring (bicyclic) bond motifs is 1. The smallest absolute Gasteiger partial charge is 0.382 e. The SMILES string of the molecule is Nc1[nH]n2c(=O)cc(-c3ccccc3)nc2c1N=Nc1cccc(C(F)(F)F)c1. The second-order valence-corrected chi connectivity index (χ2v) is 6.13. The molecule has 29 heavy (non-hydrogen) atoms. The van der Waals surface area contributed by atoms with Gasteiger partial charge in [-0.05, 0) is 18.2 Å². The molecule has 2 aromatic heterocycles. The van der Waals surface area contributed by atoms with Crippen LogP contribution in [-0.2, 0) is 6.18 Å². The lowest BCUT2D eigenvalue weighted by Crippen LogP contribution is -2.14. The average Bonchev–Trinajstić information content (AvgIpc) is 3.02. The molecule has 0 unspecified atom stereocenters. The van der Waals surface area contributed by atoms with E-state index in [2.05, 4.69) is 20.3 Å². The highest BCUT2D eigenvalue weighted by Crippen LogP contribution is 2.33. The highest BCUT2D eigenvalue weighted by atomic mass is 19.4. The molecule has 0 amide bonds. The number of anilines is 1. The van der Waals surface area contributed by atoms with Gasteiger partial charge < -0.3 is 5.73 Å². The lowest BCUT2D eigenvalue weighted by Gasteiger charge is -2.05. The van der Waals surface area contributed by atoms with E-state index in [1.165, 1.54) is 18.2 Å². The summed E-state index contributed by atoms with van der Waals surface area (Å²) in [5, 5.41) is 10.4. The summed E-state index contributed by atoms with van der Waals surface area (Å²) in [5.74, 6) is 0.00976. The number of hydrogen-bond acceptors (Lipinski definition) is 5. The van der Waals surface area contributed by atoms with Gasteiger partial charge in [-0.25, -0.2) is 4.98 Å². The van der Waals surface area contributed by atoms with E-state index in [1.807, 2.05) is 6.07 Å². The van der Waals surface area contributed by atoms with Crippen molar-refractivity contribution in [2.24, 2.45) is 10.2 Å². The number of H-pyrrole nitrogens is 1. The molecule has 2 heterocycles. The Morgan fingerprint density at radius 2 is 1.76 bits per heavy atom. The zero-order valence-electron chi connectivity index (χ0n) is 14.7. The first-order valence-electron chi connectivity index (χ1n) is 8.38. The predicted octanol–water partition coefficient (Wildman–Crippen LogP) is 4.71. The highest BCUT2D eigenvalue weighted by molar-refractivity contribution is 5.77. The molecular weight excluding hydrogens is 385 g/mol. The van der Waals surface area contributed by atoms with Gasteiger partial charge in [0.2, 0.25) is 0 Å². The molecule has 0 fully saturated rings. The number of aromatic amines is 1. The first-order valence-corrected chi connectivity index (χ1v) is 8.38. The maximum Gasteiger partial charge on any atom is 0.416 e. The van der Waals surface area contributed by atoms with Gasteiger partial charge in [0.1, 0.15) is 5.82 Å². The molecule has 0 saturated heterocycles. The minimum absolute atomic E-state index is 0.00976. The highest BCUT2D eigenvalue weighted by Gasteiger charge is 2.30. The summed E-state index contributed by atoms with van der Waals surface area (Å²) >= 11 is 0. The van der Waals surface area contributed by atoms with Crippen molar-refractivity contribution >= 4 is 22.8 Å². The molecule has 0 bridgehead atoms. The largest absolute Gasteiger partial charge is 0.416 e. The second kappa shape index (κ2) is 6.89. The van der Waals surface area contributed by atoms with Gasteiger partial charge in [-0.15, -0.1) is 5.11 Å². The van der Waals surface area contributed by atoms with Crippen LogP contribution in [0.2, 0.25) is 0 Å². The molecule has 10 heteroatoms. The van der Waals surface area contributed by atoms with E-state index in [1.54, 1.807) is 24.3 Å². The van der Waals surface area contributed by atoms with Gasteiger partial charge >= 0.3 is 6.18 Å². The van der Waals surface area contributed by atoms with Crippen molar-refractivity contribution in [2.75, 3.05) is 5.73 Å². The van der Waals surface area contributed by atoms with Crippen LogP contribution in [0, 0.1) is 0 Å². The molecule has 4 rings (SSSR count). The summed E-state index contributed by atoms with van der Waals surface area (Å²) < 4.78 is 39.7. The third-order valence-corrected chi connectivity index (χ3v) is 4.13. The van der Waals surface area contributed by atoms with Crippen molar-refractivity contribution in [1.29, 1.82) is 0 Å². The standard InChI is InChI=1S/C19H13F3N6O/c20-19(21,22)12-7-4-8-13(9-12)25-26-16-17(23)27-28-15(29)10-14(24-18(16)28)11-5-2-1-3-6-11/h1-10,27H,23H2. The zero-order valence-corrected chi connectivity index (χ0v) is 14.7. The second-order valence-electron chi connectivity index (χ2n) is 6.13. The Morgan fingerprint density at radius 3 is 2.48 bits per heavy atom. The number of aromatic nitrogens is 3. The van der Waals surface area contributed by atoms with Crippen LogP contribution >= 0.6 is 0 Å². The van der Waals surface area contributed by atoms with Crippen molar-refractivity contribution in [1.82, 2.24) is 14.6 Å². The summed E-state index contributed by atoms with van der Waals surface area (Å²) in [7, 11) is 0. The number of azo groups is 1. The van der Waals surface area contributed by atoms with Crippen LogP contribution in [0.1, 0.15) is 5.56 Å². The first-order chi connectivity index (χ1) is 13.8. The number of nitrogens with one attached hydrogen (secondary N) is 1. The van der Waals surface area contributed by atoms with Gasteiger partial charge in [-0.1, -0.05) is 36.4 Å². The molecule has 0 spiro atoms. The Labute approximate surface area is 161 Å². The summed E-state index contributed by atoms with van der Waals surface area (Å²) in [6, 6.07) is 14.8. The molecule has 0 atom stereocenters. The quantitative estimate of drug-likeness (QED) is 0.489. The zero-order chi connectivity index (χ0) is 20.6. The van der Waals surface area contributed by atoms with Crippen LogP contribution in [0.4, 0.5) is 30.4 Å². The molecule has 0 aliphatic heterocycles. The van der Waals surface area contributed by atoms with Crippen LogP contribution in [0.5, 0.6) is 0 Å². The number of nitrogen functional groups attached to an aromatic ring is 1. The number of halogens is 3. The van der Waals surface area contributed by atoms with Gasteiger partial charge in [0.15, 0.2) is 11.3 Å². The number of hydrogen-bond donors (Lipinski definition) is 2. The maximum absolute atomic E-state index is 12.9. The number of nitrogens with zero attached hydrogens (tertiary/aromatic N) is 4. The van der Waals surface area contributed by atoms with Crippen LogP contribution in [0.15, 0.2) is 75.7 Å².